The van der Waals surface area contributed by atoms with E-state index in [4.69, 9.17) is 9.73 Å². The predicted molar refractivity (Wildman–Crippen MR) is 133 cm³/mol. The van der Waals surface area contributed by atoms with Crippen LogP contribution < -0.4 is 10.6 Å². The van der Waals surface area contributed by atoms with E-state index in [1.807, 2.05) is 0 Å². The first-order chi connectivity index (χ1) is 13.7. The Kier molecular flexibility index (Phi) is 10.2. The third kappa shape index (κ3) is 7.15. The molecule has 1 atom stereocenters. The van der Waals surface area contributed by atoms with Crippen molar-refractivity contribution in [2.75, 3.05) is 52.5 Å². The fourth-order valence-corrected chi connectivity index (χ4v) is 3.76. The number of aliphatic imine (C=N–C) groups is 1. The number of fused-ring (bicyclic) bond motifs is 1. The van der Waals surface area contributed by atoms with Gasteiger partial charge < -0.3 is 20.4 Å². The molecule has 0 saturated carbocycles. The quantitative estimate of drug-likeness (QED) is 0.288. The number of rotatable bonds is 8. The van der Waals surface area contributed by atoms with Gasteiger partial charge in [-0.05, 0) is 37.3 Å². The Labute approximate surface area is 191 Å². The van der Waals surface area contributed by atoms with Crippen LogP contribution in [0.25, 0.3) is 10.9 Å². The van der Waals surface area contributed by atoms with Crippen LogP contribution in [-0.4, -0.2) is 68.3 Å². The van der Waals surface area contributed by atoms with Crippen molar-refractivity contribution in [1.82, 2.24) is 20.5 Å². The summed E-state index contributed by atoms with van der Waals surface area (Å²) in [6, 6.07) is 6.47. The van der Waals surface area contributed by atoms with Crippen molar-refractivity contribution >= 4 is 40.8 Å². The Hall–Kier alpha value is -1.32. The zero-order chi connectivity index (χ0) is 19.8. The van der Waals surface area contributed by atoms with Crippen LogP contribution in [0, 0.1) is 12.8 Å². The number of H-pyrrole nitrogens is 1. The molecule has 1 saturated heterocycles. The molecule has 1 aromatic heterocycles. The molecular weight excluding hydrogens is 477 g/mol. The summed E-state index contributed by atoms with van der Waals surface area (Å²) < 4.78 is 5.43. The molecule has 2 aromatic rings. The van der Waals surface area contributed by atoms with Crippen LogP contribution in [0.4, 0.5) is 0 Å². The second kappa shape index (κ2) is 12.4. The maximum absolute atomic E-state index is 5.43. The fraction of sp³-hybridized carbons (Fsp3) is 0.591. The van der Waals surface area contributed by atoms with Gasteiger partial charge in [0.2, 0.25) is 0 Å². The fourth-order valence-electron chi connectivity index (χ4n) is 3.76. The molecule has 6 nitrogen and oxygen atoms in total. The largest absolute Gasteiger partial charge is 0.379 e. The maximum atomic E-state index is 5.43. The number of nitrogens with zero attached hydrogens (tertiary/aromatic N) is 2. The Morgan fingerprint density at radius 2 is 2.07 bits per heavy atom. The van der Waals surface area contributed by atoms with Crippen molar-refractivity contribution in [3.05, 3.63) is 35.5 Å². The molecule has 0 bridgehead atoms. The molecule has 7 heteroatoms. The van der Waals surface area contributed by atoms with Gasteiger partial charge in [-0.15, -0.1) is 24.0 Å². The summed E-state index contributed by atoms with van der Waals surface area (Å²) in [5.74, 6) is 1.44. The van der Waals surface area contributed by atoms with Gasteiger partial charge in [0.1, 0.15) is 0 Å². The van der Waals surface area contributed by atoms with Crippen molar-refractivity contribution in [2.45, 2.75) is 27.2 Å². The van der Waals surface area contributed by atoms with Gasteiger partial charge in [0.05, 0.1) is 13.2 Å². The summed E-state index contributed by atoms with van der Waals surface area (Å²) in [5.41, 5.74) is 3.89. The van der Waals surface area contributed by atoms with E-state index in [2.05, 4.69) is 65.7 Å². The van der Waals surface area contributed by atoms with Crippen molar-refractivity contribution in [1.29, 1.82) is 0 Å². The second-order valence-corrected chi connectivity index (χ2v) is 7.73. The summed E-state index contributed by atoms with van der Waals surface area (Å²) in [5, 5.41) is 8.18. The molecule has 1 unspecified atom stereocenters. The minimum absolute atomic E-state index is 0. The van der Waals surface area contributed by atoms with Crippen molar-refractivity contribution < 1.29 is 4.74 Å². The molecule has 3 rings (SSSR count). The standard InChI is InChI=1S/C22H35N5O.HI/c1-4-23-22(26-14-17(2)16-27-10-12-28-13-11-27)24-9-8-19-15-25-21-18(3)6-5-7-20(19)21;/h5-7,15,17,25H,4,8-14,16H2,1-3H3,(H2,23,24,26);1H. The predicted octanol–water partition coefficient (Wildman–Crippen LogP) is 3.16. The number of aromatic amines is 1. The van der Waals surface area contributed by atoms with E-state index in [0.717, 1.165) is 64.9 Å². The van der Waals surface area contributed by atoms with Gasteiger partial charge in [-0.2, -0.15) is 0 Å². The molecule has 0 amide bonds. The molecule has 3 N–H and O–H groups in total. The minimum Gasteiger partial charge on any atom is -0.379 e. The van der Waals surface area contributed by atoms with Crippen LogP contribution in [0.15, 0.2) is 29.4 Å². The zero-order valence-electron chi connectivity index (χ0n) is 18.0. The number of hydrogen-bond acceptors (Lipinski definition) is 3. The monoisotopic (exact) mass is 513 g/mol. The van der Waals surface area contributed by atoms with Crippen molar-refractivity contribution in [3.8, 4) is 0 Å². The van der Waals surface area contributed by atoms with Crippen LogP contribution in [0.1, 0.15) is 25.0 Å². The topological polar surface area (TPSA) is 64.7 Å². The average molecular weight is 513 g/mol. The highest BCUT2D eigenvalue weighted by Crippen LogP contribution is 2.21. The molecule has 29 heavy (non-hydrogen) atoms. The number of hydrogen-bond donors (Lipinski definition) is 3. The Morgan fingerprint density at radius 1 is 1.28 bits per heavy atom. The van der Waals surface area contributed by atoms with E-state index in [9.17, 15) is 0 Å². The minimum atomic E-state index is 0. The molecule has 1 aliphatic heterocycles. The summed E-state index contributed by atoms with van der Waals surface area (Å²) in [4.78, 5) is 10.7. The summed E-state index contributed by atoms with van der Waals surface area (Å²) in [6.07, 6.45) is 3.10. The lowest BCUT2D eigenvalue weighted by molar-refractivity contribution is 0.0323. The van der Waals surface area contributed by atoms with E-state index >= 15 is 0 Å². The van der Waals surface area contributed by atoms with Gasteiger partial charge in [0.15, 0.2) is 5.96 Å². The number of ether oxygens (including phenoxy) is 1. The van der Waals surface area contributed by atoms with E-state index in [1.54, 1.807) is 0 Å². The van der Waals surface area contributed by atoms with E-state index < -0.39 is 0 Å². The molecule has 0 aliphatic carbocycles. The van der Waals surface area contributed by atoms with Crippen LogP contribution in [-0.2, 0) is 11.2 Å². The second-order valence-electron chi connectivity index (χ2n) is 7.73. The first kappa shape index (κ1) is 24.0. The number of benzene rings is 1. The summed E-state index contributed by atoms with van der Waals surface area (Å²) >= 11 is 0. The molecule has 2 heterocycles. The lowest BCUT2D eigenvalue weighted by Gasteiger charge is -2.28. The first-order valence-electron chi connectivity index (χ1n) is 10.5. The van der Waals surface area contributed by atoms with Crippen LogP contribution in [0.5, 0.6) is 0 Å². The lowest BCUT2D eigenvalue weighted by atomic mass is 10.1. The normalized spacial score (nSPS) is 16.4. The third-order valence-corrected chi connectivity index (χ3v) is 5.28. The number of nitrogens with one attached hydrogen (secondary N) is 3. The molecule has 1 aliphatic rings. The van der Waals surface area contributed by atoms with Gasteiger partial charge in [0, 0.05) is 56.4 Å². The highest BCUT2D eigenvalue weighted by atomic mass is 127. The number of morpholine rings is 1. The lowest BCUT2D eigenvalue weighted by Crippen LogP contribution is -2.40. The van der Waals surface area contributed by atoms with E-state index in [-0.39, 0.29) is 24.0 Å². The smallest absolute Gasteiger partial charge is 0.191 e. The highest BCUT2D eigenvalue weighted by Gasteiger charge is 2.13. The number of halogens is 1. The first-order valence-corrected chi connectivity index (χ1v) is 10.5. The van der Waals surface area contributed by atoms with Crippen LogP contribution >= 0.6 is 24.0 Å². The van der Waals surface area contributed by atoms with Gasteiger partial charge in [0.25, 0.3) is 0 Å². The van der Waals surface area contributed by atoms with Crippen molar-refractivity contribution in [2.24, 2.45) is 10.9 Å². The number of aromatic nitrogens is 1. The van der Waals surface area contributed by atoms with Gasteiger partial charge in [-0.25, -0.2) is 0 Å². The molecule has 0 spiro atoms. The molecule has 0 radical (unpaired) electrons. The molecular formula is C22H36IN5O. The summed E-state index contributed by atoms with van der Waals surface area (Å²) in [6.45, 7) is 14.0. The molecule has 1 fully saturated rings. The van der Waals surface area contributed by atoms with E-state index in [1.165, 1.54) is 22.0 Å². The molecule has 1 aromatic carbocycles. The summed E-state index contributed by atoms with van der Waals surface area (Å²) in [7, 11) is 0. The highest BCUT2D eigenvalue weighted by molar-refractivity contribution is 14.0. The Morgan fingerprint density at radius 3 is 2.83 bits per heavy atom. The van der Waals surface area contributed by atoms with Gasteiger partial charge in [-0.1, -0.05) is 25.1 Å². The molecule has 162 valence electrons. The zero-order valence-corrected chi connectivity index (χ0v) is 20.3. The number of para-hydroxylation sites is 1. The van der Waals surface area contributed by atoms with Gasteiger partial charge in [-0.3, -0.25) is 9.89 Å². The van der Waals surface area contributed by atoms with Crippen LogP contribution in [0.3, 0.4) is 0 Å². The Bertz CT molecular complexity index is 770. The third-order valence-electron chi connectivity index (χ3n) is 5.28. The van der Waals surface area contributed by atoms with E-state index in [0.29, 0.717) is 5.92 Å². The average Bonchev–Trinajstić information content (AvgIpc) is 3.11. The number of guanidine groups is 1. The van der Waals surface area contributed by atoms with Crippen LogP contribution in [0.2, 0.25) is 0 Å². The van der Waals surface area contributed by atoms with Crippen molar-refractivity contribution in [3.63, 3.8) is 0 Å². The Balaban J connectivity index is 0.00000300. The maximum Gasteiger partial charge on any atom is 0.191 e. The number of aryl methyl sites for hydroxylation is 1. The van der Waals surface area contributed by atoms with Gasteiger partial charge >= 0.3 is 0 Å². The SMILES string of the molecule is CCNC(=NCC(C)CN1CCOCC1)NCCc1c[nH]c2c(C)cccc12.I.